The van der Waals surface area contributed by atoms with E-state index in [1.54, 1.807) is 13.8 Å². The molecule has 1 heterocycles. The molecule has 1 aromatic heterocycles. The summed E-state index contributed by atoms with van der Waals surface area (Å²) in [6.45, 7) is 22.4. The number of amides is 1. The number of carbonyl (C=O) groups excluding carboxylic acids is 2. The van der Waals surface area contributed by atoms with E-state index in [1.807, 2.05) is 12.3 Å². The molecule has 0 spiro atoms. The molecule has 8 nitrogen and oxygen atoms in total. The van der Waals surface area contributed by atoms with E-state index >= 15 is 4.79 Å². The summed E-state index contributed by atoms with van der Waals surface area (Å²) in [7, 11) is 0. The average Bonchev–Trinajstić information content (AvgIpc) is 3.93. The van der Waals surface area contributed by atoms with Crippen LogP contribution in [0.15, 0.2) is 48.7 Å². The summed E-state index contributed by atoms with van der Waals surface area (Å²) < 4.78 is 6.22. The summed E-state index contributed by atoms with van der Waals surface area (Å²) >= 11 is 0. The number of aromatic amines is 1. The van der Waals surface area contributed by atoms with E-state index in [0.717, 1.165) is 107 Å². The number of hydrogen-bond donors (Lipinski definition) is 3. The lowest BCUT2D eigenvalue weighted by Gasteiger charge is -2.73. The Bertz CT molecular complexity index is 1940. The molecule has 3 N–H and O–H groups in total. The lowest BCUT2D eigenvalue weighted by molar-refractivity contribution is -0.249. The summed E-state index contributed by atoms with van der Waals surface area (Å²) in [4.78, 5) is 49.0. The Labute approximate surface area is 347 Å². The highest BCUT2D eigenvalue weighted by molar-refractivity contribution is 5.85. The van der Waals surface area contributed by atoms with Crippen molar-refractivity contribution in [2.24, 2.45) is 62.1 Å². The first-order chi connectivity index (χ1) is 27.2. The molecule has 6 aliphatic rings. The number of nitrogens with zero attached hydrogens (tertiary/aromatic N) is 1. The highest BCUT2D eigenvalue weighted by Crippen LogP contribution is 2.77. The van der Waals surface area contributed by atoms with Gasteiger partial charge in [0.1, 0.15) is 11.9 Å². The second-order valence-electron chi connectivity index (χ2n) is 22.3. The van der Waals surface area contributed by atoms with E-state index in [-0.39, 0.29) is 46.0 Å². The van der Waals surface area contributed by atoms with Crippen molar-refractivity contribution in [3.8, 4) is 11.3 Å². The van der Waals surface area contributed by atoms with Gasteiger partial charge < -0.3 is 20.1 Å². The lowest BCUT2D eigenvalue weighted by Crippen LogP contribution is -2.67. The van der Waals surface area contributed by atoms with Crippen LogP contribution in [0.2, 0.25) is 0 Å². The van der Waals surface area contributed by atoms with Crippen LogP contribution < -0.4 is 5.32 Å². The number of fused-ring (bicyclic) bond motifs is 7. The minimum absolute atomic E-state index is 0.0862. The highest BCUT2D eigenvalue weighted by atomic mass is 16.5. The molecule has 0 saturated heterocycles. The normalized spacial score (nSPS) is 38.7. The number of esters is 1. The number of carboxylic acids is 1. The van der Waals surface area contributed by atoms with Crippen molar-refractivity contribution in [2.75, 3.05) is 0 Å². The molecule has 0 radical (unpaired) electrons. The number of allylic oxidation sites excluding steroid dienone is 1. The standard InChI is InChI=1S/C50H71N3O5/c1-31(2)33-19-26-49(42(55)53-50(22-13-14-23-50)41-51-30-35(52-41)32-15-11-10-12-16-32)28-27-47(8)34(40(33)49)17-18-37-46(7)24-21-38(58-39(54)29-44(3,4)43(56)57)45(5,6)36(46)20-25-48(37,47)9/h10-12,15-16,30,33-34,36-38,40H,1,13-14,17-29H2,2-9H3,(H,51,52)(H,53,55)(H,56,57)/t33-,34+,36-,37+,38-,40+,46-,47+,48+,49-/m0/s1. The minimum atomic E-state index is -1.16. The topological polar surface area (TPSA) is 121 Å². The highest BCUT2D eigenvalue weighted by Gasteiger charge is 2.72. The van der Waals surface area contributed by atoms with Gasteiger partial charge in [-0.25, -0.2) is 4.98 Å². The Morgan fingerprint density at radius 2 is 1.59 bits per heavy atom. The van der Waals surface area contributed by atoms with Crippen molar-refractivity contribution < 1.29 is 24.2 Å². The third kappa shape index (κ3) is 6.09. The van der Waals surface area contributed by atoms with Gasteiger partial charge in [0, 0.05) is 5.41 Å². The molecule has 6 saturated carbocycles. The summed E-state index contributed by atoms with van der Waals surface area (Å²) in [5.41, 5.74) is 1.37. The van der Waals surface area contributed by atoms with Gasteiger partial charge in [0.25, 0.3) is 0 Å². The van der Waals surface area contributed by atoms with Crippen molar-refractivity contribution in [3.05, 3.63) is 54.5 Å². The summed E-state index contributed by atoms with van der Waals surface area (Å²) in [5.74, 6) is 1.75. The van der Waals surface area contributed by atoms with Gasteiger partial charge in [-0.1, -0.05) is 89.9 Å². The molecule has 10 atom stereocenters. The zero-order valence-electron chi connectivity index (χ0n) is 36.8. The van der Waals surface area contributed by atoms with Gasteiger partial charge in [0.05, 0.1) is 34.7 Å². The first kappa shape index (κ1) is 41.3. The van der Waals surface area contributed by atoms with Crippen molar-refractivity contribution in [1.82, 2.24) is 15.3 Å². The van der Waals surface area contributed by atoms with Gasteiger partial charge in [-0.15, -0.1) is 0 Å². The molecule has 8 heteroatoms. The maximum atomic E-state index is 15.4. The predicted molar refractivity (Wildman–Crippen MR) is 227 cm³/mol. The second-order valence-corrected chi connectivity index (χ2v) is 22.3. The Morgan fingerprint density at radius 1 is 0.879 bits per heavy atom. The number of ether oxygens (including phenoxy) is 1. The van der Waals surface area contributed by atoms with E-state index in [0.29, 0.717) is 23.7 Å². The van der Waals surface area contributed by atoms with Crippen LogP contribution in [0.4, 0.5) is 0 Å². The van der Waals surface area contributed by atoms with Gasteiger partial charge in [-0.05, 0) is 149 Å². The number of hydrogen-bond acceptors (Lipinski definition) is 5. The van der Waals surface area contributed by atoms with Crippen molar-refractivity contribution in [1.29, 1.82) is 0 Å². The van der Waals surface area contributed by atoms with Gasteiger partial charge >= 0.3 is 11.9 Å². The molecular formula is C50H71N3O5. The molecule has 0 bridgehead atoms. The first-order valence-electron chi connectivity index (χ1n) is 22.8. The number of H-pyrrole nitrogens is 1. The fourth-order valence-electron chi connectivity index (χ4n) is 15.4. The molecule has 6 fully saturated rings. The third-order valence-corrected chi connectivity index (χ3v) is 18.8. The van der Waals surface area contributed by atoms with Crippen LogP contribution in [-0.4, -0.2) is 39.0 Å². The van der Waals surface area contributed by atoms with Crippen molar-refractivity contribution >= 4 is 17.8 Å². The number of imidazole rings is 1. The van der Waals surface area contributed by atoms with Crippen LogP contribution in [0.5, 0.6) is 0 Å². The number of carbonyl (C=O) groups is 3. The van der Waals surface area contributed by atoms with E-state index in [9.17, 15) is 14.7 Å². The van der Waals surface area contributed by atoms with Gasteiger partial charge in [-0.3, -0.25) is 14.4 Å². The number of carboxylic acid groups (broad SMARTS) is 1. The number of rotatable bonds is 9. The van der Waals surface area contributed by atoms with Crippen LogP contribution in [0.25, 0.3) is 11.3 Å². The quantitative estimate of drug-likeness (QED) is 0.172. The van der Waals surface area contributed by atoms with Crippen molar-refractivity contribution in [2.45, 2.75) is 163 Å². The minimum Gasteiger partial charge on any atom is -0.481 e. The Kier molecular flexibility index (Phi) is 10.0. The largest absolute Gasteiger partial charge is 0.481 e. The van der Waals surface area contributed by atoms with Crippen LogP contribution >= 0.6 is 0 Å². The van der Waals surface area contributed by atoms with Crippen molar-refractivity contribution in [3.63, 3.8) is 0 Å². The van der Waals surface area contributed by atoms with Crippen LogP contribution in [-0.2, 0) is 24.7 Å². The Morgan fingerprint density at radius 3 is 2.26 bits per heavy atom. The number of benzene rings is 1. The van der Waals surface area contributed by atoms with Crippen LogP contribution in [0.3, 0.4) is 0 Å². The molecule has 0 unspecified atom stereocenters. The zero-order chi connectivity index (χ0) is 41.7. The van der Waals surface area contributed by atoms with E-state index in [2.05, 4.69) is 82.7 Å². The van der Waals surface area contributed by atoms with Gasteiger partial charge in [0.2, 0.25) is 5.91 Å². The van der Waals surface area contributed by atoms with Crippen LogP contribution in [0, 0.1) is 62.1 Å². The predicted octanol–water partition coefficient (Wildman–Crippen LogP) is 11.0. The maximum Gasteiger partial charge on any atom is 0.309 e. The van der Waals surface area contributed by atoms with E-state index in [1.165, 1.54) is 5.57 Å². The molecule has 1 amide bonds. The number of aliphatic carboxylic acids is 1. The van der Waals surface area contributed by atoms with E-state index in [4.69, 9.17) is 9.72 Å². The molecule has 1 aromatic carbocycles. The second kappa shape index (κ2) is 14.1. The van der Waals surface area contributed by atoms with Gasteiger partial charge in [-0.2, -0.15) is 0 Å². The molecule has 8 rings (SSSR count). The molecule has 0 aliphatic heterocycles. The Balaban J connectivity index is 1.06. The molecular weight excluding hydrogens is 723 g/mol. The molecule has 2 aromatic rings. The maximum absolute atomic E-state index is 15.4. The molecule has 316 valence electrons. The fourth-order valence-corrected chi connectivity index (χ4v) is 15.4. The summed E-state index contributed by atoms with van der Waals surface area (Å²) in [6.07, 6.45) is 15.8. The van der Waals surface area contributed by atoms with Gasteiger partial charge in [0.15, 0.2) is 0 Å². The number of aromatic nitrogens is 2. The monoisotopic (exact) mass is 794 g/mol. The lowest BCUT2D eigenvalue weighted by atomic mass is 9.32. The van der Waals surface area contributed by atoms with E-state index < -0.39 is 28.3 Å². The first-order valence-corrected chi connectivity index (χ1v) is 22.8. The molecule has 6 aliphatic carbocycles. The fraction of sp³-hybridized carbons (Fsp3) is 0.720. The van der Waals surface area contributed by atoms with Crippen LogP contribution in [0.1, 0.15) is 158 Å². The summed E-state index contributed by atoms with van der Waals surface area (Å²) in [5, 5.41) is 13.5. The SMILES string of the molecule is C=C(C)[C@@H]1CC[C@]2(C(=O)NC3(c4ncc(-c5ccccc5)[nH]4)CCCC3)CC[C@]3(C)[C@H](CC[C@@H]4[C@@]5(C)CC[C@H](OC(=O)CC(C)(C)C(=O)O)C(C)(C)[C@@H]5CC[C@]43C)[C@@H]12. The average molecular weight is 794 g/mol. The number of nitrogens with one attached hydrogen (secondary N) is 2. The third-order valence-electron chi connectivity index (χ3n) is 18.8. The summed E-state index contributed by atoms with van der Waals surface area (Å²) in [6, 6.07) is 10.3. The smallest absolute Gasteiger partial charge is 0.309 e. The Hall–Kier alpha value is -3.42. The molecule has 58 heavy (non-hydrogen) atoms. The zero-order valence-corrected chi connectivity index (χ0v) is 36.8.